The smallest absolute Gasteiger partial charge is 0.244 e. The molecule has 1 aliphatic rings. The first-order chi connectivity index (χ1) is 14.8. The van der Waals surface area contributed by atoms with Crippen LogP contribution in [-0.4, -0.2) is 44.6 Å². The van der Waals surface area contributed by atoms with Gasteiger partial charge in [0.1, 0.15) is 6.04 Å². The molecule has 1 aliphatic heterocycles. The van der Waals surface area contributed by atoms with Gasteiger partial charge in [-0.1, -0.05) is 43.3 Å². The van der Waals surface area contributed by atoms with E-state index in [1.807, 2.05) is 32.0 Å². The number of rotatable bonds is 9. The van der Waals surface area contributed by atoms with Crippen LogP contribution in [0.1, 0.15) is 42.9 Å². The van der Waals surface area contributed by atoms with E-state index in [0.29, 0.717) is 18.7 Å². The van der Waals surface area contributed by atoms with Crippen molar-refractivity contribution in [2.45, 2.75) is 52.2 Å². The van der Waals surface area contributed by atoms with Gasteiger partial charge in [0.05, 0.1) is 11.9 Å². The monoisotopic (exact) mass is 443 g/mol. The van der Waals surface area contributed by atoms with Gasteiger partial charge in [0.2, 0.25) is 15.9 Å². The van der Waals surface area contributed by atoms with E-state index >= 15 is 0 Å². The minimum atomic E-state index is -3.63. The molecule has 2 aromatic carbocycles. The van der Waals surface area contributed by atoms with E-state index in [0.717, 1.165) is 37.0 Å². The summed E-state index contributed by atoms with van der Waals surface area (Å²) in [7, 11) is -3.63. The summed E-state index contributed by atoms with van der Waals surface area (Å²) in [6.45, 7) is 7.30. The van der Waals surface area contributed by atoms with Gasteiger partial charge in [0, 0.05) is 13.1 Å². The van der Waals surface area contributed by atoms with E-state index in [1.54, 1.807) is 18.2 Å². The largest absolute Gasteiger partial charge is 0.350 e. The molecule has 31 heavy (non-hydrogen) atoms. The van der Waals surface area contributed by atoms with Crippen LogP contribution < -0.4 is 9.62 Å². The van der Waals surface area contributed by atoms with Crippen molar-refractivity contribution in [3.8, 4) is 0 Å². The Balaban J connectivity index is 1.71. The van der Waals surface area contributed by atoms with Crippen LogP contribution >= 0.6 is 0 Å². The molecule has 1 heterocycles. The molecule has 0 radical (unpaired) electrons. The van der Waals surface area contributed by atoms with E-state index in [-0.39, 0.29) is 5.91 Å². The minimum Gasteiger partial charge on any atom is -0.350 e. The third kappa shape index (κ3) is 6.31. The SMILES string of the molecule is CC[C@@H](C(=O)NCc1cccc(CN2CCCC2)c1)N(c1cccc(C)c1)S(C)(=O)=O. The molecule has 0 spiro atoms. The molecule has 1 fully saturated rings. The quantitative estimate of drug-likeness (QED) is 0.644. The highest BCUT2D eigenvalue weighted by molar-refractivity contribution is 7.92. The van der Waals surface area contributed by atoms with Gasteiger partial charge >= 0.3 is 0 Å². The van der Waals surface area contributed by atoms with Crippen molar-refractivity contribution in [2.24, 2.45) is 0 Å². The Kier molecular flexibility index (Phi) is 7.73. The summed E-state index contributed by atoms with van der Waals surface area (Å²) in [5.41, 5.74) is 3.70. The second kappa shape index (κ2) is 10.3. The third-order valence-corrected chi connectivity index (χ3v) is 6.83. The first-order valence-electron chi connectivity index (χ1n) is 10.9. The van der Waals surface area contributed by atoms with Crippen LogP contribution in [0.15, 0.2) is 48.5 Å². The van der Waals surface area contributed by atoms with Crippen LogP contribution in [0.2, 0.25) is 0 Å². The molecule has 6 nitrogen and oxygen atoms in total. The van der Waals surface area contributed by atoms with E-state index in [9.17, 15) is 13.2 Å². The van der Waals surface area contributed by atoms with Gasteiger partial charge in [-0.15, -0.1) is 0 Å². The highest BCUT2D eigenvalue weighted by Crippen LogP contribution is 2.23. The fourth-order valence-corrected chi connectivity index (χ4v) is 5.37. The molecule has 0 aliphatic carbocycles. The number of hydrogen-bond donors (Lipinski definition) is 1. The lowest BCUT2D eigenvalue weighted by molar-refractivity contribution is -0.122. The number of aryl methyl sites for hydroxylation is 1. The predicted molar refractivity (Wildman–Crippen MR) is 125 cm³/mol. The lowest BCUT2D eigenvalue weighted by Gasteiger charge is -2.30. The first kappa shape index (κ1) is 23.3. The average Bonchev–Trinajstić information content (AvgIpc) is 3.22. The fraction of sp³-hybridized carbons (Fsp3) is 0.458. The van der Waals surface area contributed by atoms with Crippen LogP contribution in [0.5, 0.6) is 0 Å². The Hall–Kier alpha value is -2.38. The van der Waals surface area contributed by atoms with Crippen LogP contribution in [0, 0.1) is 6.92 Å². The van der Waals surface area contributed by atoms with E-state index < -0.39 is 16.1 Å². The van der Waals surface area contributed by atoms with Crippen molar-refractivity contribution in [3.05, 3.63) is 65.2 Å². The van der Waals surface area contributed by atoms with Gasteiger partial charge in [0.25, 0.3) is 0 Å². The molecule has 0 saturated carbocycles. The third-order valence-electron chi connectivity index (χ3n) is 5.65. The first-order valence-corrected chi connectivity index (χ1v) is 12.8. The zero-order chi connectivity index (χ0) is 22.4. The second-order valence-corrected chi connectivity index (χ2v) is 10.2. The number of likely N-dealkylation sites (tertiary alicyclic amines) is 1. The normalized spacial score (nSPS) is 15.6. The lowest BCUT2D eigenvalue weighted by Crippen LogP contribution is -2.49. The maximum atomic E-state index is 13.0. The fourth-order valence-electron chi connectivity index (χ4n) is 4.17. The number of carbonyl (C=O) groups excluding carboxylic acids is 1. The number of anilines is 1. The van der Waals surface area contributed by atoms with Crippen molar-refractivity contribution < 1.29 is 13.2 Å². The average molecular weight is 444 g/mol. The van der Waals surface area contributed by atoms with Gasteiger partial charge in [-0.2, -0.15) is 0 Å². The maximum Gasteiger partial charge on any atom is 0.244 e. The summed E-state index contributed by atoms with van der Waals surface area (Å²) < 4.78 is 26.4. The molecule has 1 N–H and O–H groups in total. The van der Waals surface area contributed by atoms with Gasteiger partial charge in [-0.05, 0) is 68.1 Å². The van der Waals surface area contributed by atoms with E-state index in [1.165, 1.54) is 22.7 Å². The molecular formula is C24H33N3O3S. The van der Waals surface area contributed by atoms with Gasteiger partial charge < -0.3 is 5.32 Å². The molecule has 0 bridgehead atoms. The van der Waals surface area contributed by atoms with Crippen LogP contribution in [0.25, 0.3) is 0 Å². The zero-order valence-electron chi connectivity index (χ0n) is 18.7. The summed E-state index contributed by atoms with van der Waals surface area (Å²) in [5, 5.41) is 2.95. The topological polar surface area (TPSA) is 69.7 Å². The van der Waals surface area contributed by atoms with Crippen molar-refractivity contribution in [1.82, 2.24) is 10.2 Å². The number of amides is 1. The van der Waals surface area contributed by atoms with Crippen molar-refractivity contribution >= 4 is 21.6 Å². The molecule has 1 amide bonds. The molecule has 168 valence electrons. The number of carbonyl (C=O) groups is 1. The molecule has 3 rings (SSSR count). The maximum absolute atomic E-state index is 13.0. The van der Waals surface area contributed by atoms with E-state index in [4.69, 9.17) is 0 Å². The molecule has 7 heteroatoms. The van der Waals surface area contributed by atoms with Gasteiger partial charge in [-0.3, -0.25) is 14.0 Å². The Morgan fingerprint density at radius 2 is 1.77 bits per heavy atom. The summed E-state index contributed by atoms with van der Waals surface area (Å²) >= 11 is 0. The Labute approximate surface area is 186 Å². The number of sulfonamides is 1. The Bertz CT molecular complexity index is 1000. The summed E-state index contributed by atoms with van der Waals surface area (Å²) in [6.07, 6.45) is 4.03. The van der Waals surface area contributed by atoms with Gasteiger partial charge in [0.15, 0.2) is 0 Å². The number of nitrogens with one attached hydrogen (secondary N) is 1. The molecule has 1 saturated heterocycles. The summed E-state index contributed by atoms with van der Waals surface area (Å²) in [4.78, 5) is 15.5. The van der Waals surface area contributed by atoms with Crippen LogP contribution in [0.3, 0.4) is 0 Å². The molecule has 0 aromatic heterocycles. The summed E-state index contributed by atoms with van der Waals surface area (Å²) in [5.74, 6) is -0.292. The lowest BCUT2D eigenvalue weighted by atomic mass is 10.1. The van der Waals surface area contributed by atoms with Crippen molar-refractivity contribution in [2.75, 3.05) is 23.7 Å². The number of benzene rings is 2. The molecule has 1 atom stereocenters. The van der Waals surface area contributed by atoms with E-state index in [2.05, 4.69) is 22.3 Å². The molecule has 0 unspecified atom stereocenters. The standard InChI is InChI=1S/C24H33N3O3S/c1-4-23(27(31(3,29)30)22-12-7-9-19(2)15-22)24(28)25-17-20-10-8-11-21(16-20)18-26-13-5-6-14-26/h7-12,15-16,23H,4-6,13-14,17-18H2,1-3H3,(H,25,28)/t23-/m0/s1. The predicted octanol–water partition coefficient (Wildman–Crippen LogP) is 3.45. The highest BCUT2D eigenvalue weighted by Gasteiger charge is 2.31. The molecule has 2 aromatic rings. The van der Waals surface area contributed by atoms with Crippen LogP contribution in [0.4, 0.5) is 5.69 Å². The van der Waals surface area contributed by atoms with Crippen LogP contribution in [-0.2, 0) is 27.9 Å². The Morgan fingerprint density at radius 3 is 2.42 bits per heavy atom. The van der Waals surface area contributed by atoms with Gasteiger partial charge in [-0.25, -0.2) is 8.42 Å². The van der Waals surface area contributed by atoms with Crippen molar-refractivity contribution in [3.63, 3.8) is 0 Å². The number of nitrogens with zero attached hydrogens (tertiary/aromatic N) is 2. The molecular weight excluding hydrogens is 410 g/mol. The highest BCUT2D eigenvalue weighted by atomic mass is 32.2. The minimum absolute atomic E-state index is 0.292. The second-order valence-electron chi connectivity index (χ2n) is 8.34. The Morgan fingerprint density at radius 1 is 1.10 bits per heavy atom. The van der Waals surface area contributed by atoms with Crippen molar-refractivity contribution in [1.29, 1.82) is 0 Å². The zero-order valence-corrected chi connectivity index (χ0v) is 19.5. The number of hydrogen-bond acceptors (Lipinski definition) is 4. The summed E-state index contributed by atoms with van der Waals surface area (Å²) in [6, 6.07) is 14.7.